The van der Waals surface area contributed by atoms with Crippen molar-refractivity contribution in [1.29, 1.82) is 0 Å². The number of morpholine rings is 1. The summed E-state index contributed by atoms with van der Waals surface area (Å²) in [5.74, 6) is -0.220. The van der Waals surface area contributed by atoms with E-state index in [1.54, 1.807) is 17.0 Å². The standard InChI is InChI=1S/C20H24N2O4S/c1-3-22(18-8-4-6-16(2)14-18)20(23)17-7-5-9-19(15-17)27(24,25)21-10-12-26-13-11-21/h4-9,14-15H,3,10-13H2,1-2H3. The molecule has 1 heterocycles. The Balaban J connectivity index is 1.91. The van der Waals surface area contributed by atoms with Crippen LogP contribution in [0, 0.1) is 6.92 Å². The van der Waals surface area contributed by atoms with E-state index in [4.69, 9.17) is 4.74 Å². The Morgan fingerprint density at radius 3 is 2.48 bits per heavy atom. The first-order valence-corrected chi connectivity index (χ1v) is 10.4. The Hall–Kier alpha value is -2.22. The first-order chi connectivity index (χ1) is 12.9. The van der Waals surface area contributed by atoms with Gasteiger partial charge in [-0.15, -0.1) is 0 Å². The van der Waals surface area contributed by atoms with Gasteiger partial charge in [0, 0.05) is 30.9 Å². The van der Waals surface area contributed by atoms with Crippen molar-refractivity contribution < 1.29 is 17.9 Å². The summed E-state index contributed by atoms with van der Waals surface area (Å²) in [7, 11) is -3.64. The molecular formula is C20H24N2O4S. The van der Waals surface area contributed by atoms with E-state index in [9.17, 15) is 13.2 Å². The van der Waals surface area contributed by atoms with Crippen molar-refractivity contribution in [3.8, 4) is 0 Å². The number of hydrogen-bond acceptors (Lipinski definition) is 4. The van der Waals surface area contributed by atoms with Gasteiger partial charge in [-0.05, 0) is 49.7 Å². The third kappa shape index (κ3) is 4.21. The number of carbonyl (C=O) groups excluding carboxylic acids is 1. The molecular weight excluding hydrogens is 364 g/mol. The van der Waals surface area contributed by atoms with Gasteiger partial charge in [0.25, 0.3) is 5.91 Å². The maximum absolute atomic E-state index is 13.0. The van der Waals surface area contributed by atoms with Gasteiger partial charge in [-0.3, -0.25) is 4.79 Å². The molecule has 3 rings (SSSR count). The highest BCUT2D eigenvalue weighted by Crippen LogP contribution is 2.22. The van der Waals surface area contributed by atoms with Crippen LogP contribution in [-0.2, 0) is 14.8 Å². The molecule has 0 radical (unpaired) electrons. The first kappa shape index (κ1) is 19.5. The van der Waals surface area contributed by atoms with Crippen LogP contribution in [-0.4, -0.2) is 51.5 Å². The van der Waals surface area contributed by atoms with E-state index in [0.717, 1.165) is 11.3 Å². The summed E-state index contributed by atoms with van der Waals surface area (Å²) < 4.78 is 32.4. The summed E-state index contributed by atoms with van der Waals surface area (Å²) in [5, 5.41) is 0. The zero-order valence-corrected chi connectivity index (χ0v) is 16.4. The summed E-state index contributed by atoms with van der Waals surface area (Å²) in [6.45, 7) is 5.77. The van der Waals surface area contributed by atoms with Crippen LogP contribution < -0.4 is 4.90 Å². The Bertz CT molecular complexity index is 921. The predicted octanol–water partition coefficient (Wildman–Crippen LogP) is 2.68. The maximum Gasteiger partial charge on any atom is 0.258 e. The summed E-state index contributed by atoms with van der Waals surface area (Å²) >= 11 is 0. The average Bonchev–Trinajstić information content (AvgIpc) is 2.69. The molecule has 1 amide bonds. The van der Waals surface area contributed by atoms with Gasteiger partial charge in [0.15, 0.2) is 0 Å². The minimum Gasteiger partial charge on any atom is -0.379 e. The van der Waals surface area contributed by atoms with Crippen LogP contribution in [0.4, 0.5) is 5.69 Å². The van der Waals surface area contributed by atoms with E-state index >= 15 is 0 Å². The highest BCUT2D eigenvalue weighted by atomic mass is 32.2. The molecule has 0 aromatic heterocycles. The number of hydrogen-bond donors (Lipinski definition) is 0. The Labute approximate surface area is 160 Å². The molecule has 0 N–H and O–H groups in total. The summed E-state index contributed by atoms with van der Waals surface area (Å²) in [4.78, 5) is 14.8. The van der Waals surface area contributed by atoms with Gasteiger partial charge in [-0.25, -0.2) is 8.42 Å². The Morgan fingerprint density at radius 1 is 1.11 bits per heavy atom. The van der Waals surface area contributed by atoms with E-state index < -0.39 is 10.0 Å². The van der Waals surface area contributed by atoms with Crippen LogP contribution in [0.25, 0.3) is 0 Å². The second-order valence-corrected chi connectivity index (χ2v) is 8.37. The second kappa shape index (κ2) is 8.21. The van der Waals surface area contributed by atoms with E-state index in [1.165, 1.54) is 16.4 Å². The van der Waals surface area contributed by atoms with Crippen LogP contribution in [0.3, 0.4) is 0 Å². The fraction of sp³-hybridized carbons (Fsp3) is 0.350. The SMILES string of the molecule is CCN(C(=O)c1cccc(S(=O)(=O)N2CCOCC2)c1)c1cccc(C)c1. The first-order valence-electron chi connectivity index (χ1n) is 9.00. The van der Waals surface area contributed by atoms with Crippen molar-refractivity contribution in [3.63, 3.8) is 0 Å². The molecule has 1 aliphatic rings. The smallest absolute Gasteiger partial charge is 0.258 e. The van der Waals surface area contributed by atoms with Crippen molar-refractivity contribution in [1.82, 2.24) is 4.31 Å². The molecule has 2 aromatic carbocycles. The summed E-state index contributed by atoms with van der Waals surface area (Å²) in [6.07, 6.45) is 0. The molecule has 0 atom stereocenters. The third-order valence-electron chi connectivity index (χ3n) is 4.56. The lowest BCUT2D eigenvalue weighted by molar-refractivity contribution is 0.0730. The monoisotopic (exact) mass is 388 g/mol. The summed E-state index contributed by atoms with van der Waals surface area (Å²) in [6, 6.07) is 14.0. The molecule has 1 aliphatic heterocycles. The molecule has 1 saturated heterocycles. The van der Waals surface area contributed by atoms with Gasteiger partial charge in [0.2, 0.25) is 10.0 Å². The molecule has 0 spiro atoms. The molecule has 2 aromatic rings. The highest BCUT2D eigenvalue weighted by Gasteiger charge is 2.27. The molecule has 0 bridgehead atoms. The largest absolute Gasteiger partial charge is 0.379 e. The molecule has 1 fully saturated rings. The van der Waals surface area contributed by atoms with Crippen LogP contribution in [0.2, 0.25) is 0 Å². The molecule has 27 heavy (non-hydrogen) atoms. The van der Waals surface area contributed by atoms with E-state index in [-0.39, 0.29) is 10.8 Å². The number of carbonyl (C=O) groups is 1. The lowest BCUT2D eigenvalue weighted by Crippen LogP contribution is -2.40. The number of benzene rings is 2. The van der Waals surface area contributed by atoms with Crippen LogP contribution >= 0.6 is 0 Å². The van der Waals surface area contributed by atoms with Gasteiger partial charge in [-0.2, -0.15) is 4.31 Å². The fourth-order valence-corrected chi connectivity index (χ4v) is 4.58. The van der Waals surface area contributed by atoms with Crippen molar-refractivity contribution >= 4 is 21.6 Å². The zero-order valence-electron chi connectivity index (χ0n) is 15.6. The highest BCUT2D eigenvalue weighted by molar-refractivity contribution is 7.89. The lowest BCUT2D eigenvalue weighted by Gasteiger charge is -2.26. The Morgan fingerprint density at radius 2 is 1.81 bits per heavy atom. The van der Waals surface area contributed by atoms with Crippen LogP contribution in [0.1, 0.15) is 22.8 Å². The van der Waals surface area contributed by atoms with E-state index in [1.807, 2.05) is 38.1 Å². The number of amides is 1. The average molecular weight is 388 g/mol. The maximum atomic E-state index is 13.0. The third-order valence-corrected chi connectivity index (χ3v) is 6.46. The van der Waals surface area contributed by atoms with E-state index in [2.05, 4.69) is 0 Å². The minimum absolute atomic E-state index is 0.135. The number of rotatable bonds is 5. The molecule has 144 valence electrons. The fourth-order valence-electron chi connectivity index (χ4n) is 3.12. The molecule has 0 unspecified atom stereocenters. The number of sulfonamides is 1. The van der Waals surface area contributed by atoms with Crippen molar-refractivity contribution in [2.75, 3.05) is 37.7 Å². The van der Waals surface area contributed by atoms with Gasteiger partial charge in [0.1, 0.15) is 0 Å². The van der Waals surface area contributed by atoms with Gasteiger partial charge < -0.3 is 9.64 Å². The van der Waals surface area contributed by atoms with E-state index in [0.29, 0.717) is 38.4 Å². The summed E-state index contributed by atoms with van der Waals surface area (Å²) in [5.41, 5.74) is 2.21. The zero-order chi connectivity index (χ0) is 19.4. The molecule has 0 saturated carbocycles. The second-order valence-electron chi connectivity index (χ2n) is 6.43. The van der Waals surface area contributed by atoms with Gasteiger partial charge in [0.05, 0.1) is 18.1 Å². The molecule has 6 nitrogen and oxygen atoms in total. The van der Waals surface area contributed by atoms with Crippen molar-refractivity contribution in [2.24, 2.45) is 0 Å². The molecule has 7 heteroatoms. The number of nitrogens with zero attached hydrogens (tertiary/aromatic N) is 2. The van der Waals surface area contributed by atoms with Crippen LogP contribution in [0.15, 0.2) is 53.4 Å². The normalized spacial score (nSPS) is 15.5. The van der Waals surface area contributed by atoms with Crippen molar-refractivity contribution in [2.45, 2.75) is 18.7 Å². The number of anilines is 1. The minimum atomic E-state index is -3.64. The molecule has 0 aliphatic carbocycles. The number of ether oxygens (including phenoxy) is 1. The van der Waals surface area contributed by atoms with Gasteiger partial charge >= 0.3 is 0 Å². The van der Waals surface area contributed by atoms with Gasteiger partial charge in [-0.1, -0.05) is 18.2 Å². The number of aryl methyl sites for hydroxylation is 1. The van der Waals surface area contributed by atoms with Crippen molar-refractivity contribution in [3.05, 3.63) is 59.7 Å². The topological polar surface area (TPSA) is 66.9 Å². The predicted molar refractivity (Wildman–Crippen MR) is 105 cm³/mol. The van der Waals surface area contributed by atoms with Crippen LogP contribution in [0.5, 0.6) is 0 Å². The lowest BCUT2D eigenvalue weighted by atomic mass is 10.1. The Kier molecular flexibility index (Phi) is 5.94. The quantitative estimate of drug-likeness (QED) is 0.790.